The van der Waals surface area contributed by atoms with Gasteiger partial charge in [0.1, 0.15) is 12.6 Å². The summed E-state index contributed by atoms with van der Waals surface area (Å²) >= 11 is 0. The largest absolute Gasteiger partial charge is 0.468 e. The summed E-state index contributed by atoms with van der Waals surface area (Å²) in [5, 5.41) is 1.80. The lowest BCUT2D eigenvalue weighted by atomic mass is 9.91. The molecule has 0 rings (SSSR count). The van der Waals surface area contributed by atoms with E-state index in [1.165, 1.54) is 12.8 Å². The van der Waals surface area contributed by atoms with E-state index < -0.39 is 49.2 Å². The van der Waals surface area contributed by atoms with Gasteiger partial charge in [-0.3, -0.25) is 15.4 Å². The van der Waals surface area contributed by atoms with Gasteiger partial charge >= 0.3 is 18.3 Å². The molecule has 0 aliphatic rings. The molecule has 0 aliphatic heterocycles. The lowest BCUT2D eigenvalue weighted by molar-refractivity contribution is -0.286. The number of alkyl halides is 6. The number of methoxy groups -OCH3 is 1. The van der Waals surface area contributed by atoms with Crippen LogP contribution >= 0.6 is 0 Å². The number of hydrazine groups is 1. The molecule has 0 aromatic heterocycles. The lowest BCUT2D eigenvalue weighted by Crippen LogP contribution is -2.52. The van der Waals surface area contributed by atoms with E-state index in [0.29, 0.717) is 5.41 Å². The summed E-state index contributed by atoms with van der Waals surface area (Å²) in [6.45, 7) is 12.3. The fourth-order valence-corrected chi connectivity index (χ4v) is 2.04. The van der Waals surface area contributed by atoms with E-state index in [1.807, 2.05) is 13.8 Å². The SMILES string of the molecule is CC.CCCC(C)(C)C.COC(=O)CNC(=O)[C@H](CC(C(F)(F)F)C(F)(F)F)NN. The van der Waals surface area contributed by atoms with Crippen molar-refractivity contribution in [2.45, 2.75) is 79.2 Å². The van der Waals surface area contributed by atoms with Gasteiger partial charge in [0.2, 0.25) is 5.91 Å². The first-order valence-electron chi connectivity index (χ1n) is 9.43. The van der Waals surface area contributed by atoms with Crippen LogP contribution in [0.1, 0.15) is 60.8 Å². The van der Waals surface area contributed by atoms with Crippen molar-refractivity contribution in [1.82, 2.24) is 10.7 Å². The summed E-state index contributed by atoms with van der Waals surface area (Å²) in [5.74, 6) is -1.16. The Hall–Kier alpha value is -1.56. The fraction of sp³-hybridized carbons (Fsp3) is 0.889. The number of nitrogens with one attached hydrogen (secondary N) is 2. The highest BCUT2D eigenvalue weighted by molar-refractivity contribution is 5.85. The molecule has 4 N–H and O–H groups in total. The number of carbonyl (C=O) groups excluding carboxylic acids is 2. The van der Waals surface area contributed by atoms with Crippen LogP contribution < -0.4 is 16.6 Å². The van der Waals surface area contributed by atoms with Crippen LogP contribution in [0.5, 0.6) is 0 Å². The molecule has 1 atom stereocenters. The van der Waals surface area contributed by atoms with Gasteiger partial charge in [0.25, 0.3) is 0 Å². The lowest BCUT2D eigenvalue weighted by Gasteiger charge is -2.26. The molecule has 0 aromatic carbocycles. The zero-order valence-corrected chi connectivity index (χ0v) is 18.6. The minimum Gasteiger partial charge on any atom is -0.468 e. The van der Waals surface area contributed by atoms with Gasteiger partial charge in [0.15, 0.2) is 5.92 Å². The smallest absolute Gasteiger partial charge is 0.400 e. The van der Waals surface area contributed by atoms with Crippen molar-refractivity contribution in [2.24, 2.45) is 17.2 Å². The number of esters is 1. The zero-order valence-electron chi connectivity index (χ0n) is 18.6. The van der Waals surface area contributed by atoms with Crippen molar-refractivity contribution in [3.63, 3.8) is 0 Å². The number of halogens is 6. The van der Waals surface area contributed by atoms with Crippen LogP contribution in [0.4, 0.5) is 26.3 Å². The number of hydrogen-bond acceptors (Lipinski definition) is 5. The number of hydrogen-bond donors (Lipinski definition) is 3. The molecule has 0 saturated carbocycles. The summed E-state index contributed by atoms with van der Waals surface area (Å²) in [4.78, 5) is 22.1. The minimum atomic E-state index is -5.59. The molecular formula is C18H35F6N3O3. The molecule has 182 valence electrons. The summed E-state index contributed by atoms with van der Waals surface area (Å²) in [6, 6.07) is -1.98. The number of amides is 1. The first kappa shape index (κ1) is 33.1. The molecule has 0 radical (unpaired) electrons. The molecule has 30 heavy (non-hydrogen) atoms. The van der Waals surface area contributed by atoms with Gasteiger partial charge in [-0.05, 0) is 18.3 Å². The third-order valence-corrected chi connectivity index (χ3v) is 3.41. The molecule has 0 saturated heterocycles. The van der Waals surface area contributed by atoms with E-state index in [-0.39, 0.29) is 0 Å². The highest BCUT2D eigenvalue weighted by atomic mass is 19.4. The van der Waals surface area contributed by atoms with Gasteiger partial charge in [-0.25, -0.2) is 5.43 Å². The van der Waals surface area contributed by atoms with E-state index in [2.05, 4.69) is 32.4 Å². The Morgan fingerprint density at radius 1 is 1.00 bits per heavy atom. The van der Waals surface area contributed by atoms with Crippen LogP contribution in [-0.4, -0.2) is 43.9 Å². The third kappa shape index (κ3) is 17.3. The van der Waals surface area contributed by atoms with Crippen molar-refractivity contribution >= 4 is 11.9 Å². The maximum Gasteiger partial charge on any atom is 0.400 e. The second-order valence-corrected chi connectivity index (χ2v) is 7.20. The number of carbonyl (C=O) groups is 2. The average Bonchev–Trinajstić information content (AvgIpc) is 2.59. The molecule has 0 spiro atoms. The first-order valence-corrected chi connectivity index (χ1v) is 9.43. The van der Waals surface area contributed by atoms with Gasteiger partial charge < -0.3 is 10.1 Å². The van der Waals surface area contributed by atoms with E-state index in [0.717, 1.165) is 7.11 Å². The topological polar surface area (TPSA) is 93.4 Å². The number of rotatable bonds is 7. The zero-order chi connectivity index (χ0) is 24.8. The van der Waals surface area contributed by atoms with Gasteiger partial charge in [-0.2, -0.15) is 26.3 Å². The van der Waals surface area contributed by atoms with Gasteiger partial charge in [-0.1, -0.05) is 48.0 Å². The minimum absolute atomic E-state index is 0.550. The number of nitrogens with two attached hydrogens (primary N) is 1. The third-order valence-electron chi connectivity index (χ3n) is 3.41. The van der Waals surface area contributed by atoms with Crippen LogP contribution in [0.2, 0.25) is 0 Å². The molecule has 0 aromatic rings. The van der Waals surface area contributed by atoms with Crippen LogP contribution in [0.15, 0.2) is 0 Å². The maximum atomic E-state index is 12.4. The second kappa shape index (κ2) is 15.3. The Kier molecular flexibility index (Phi) is 16.8. The molecule has 0 unspecified atom stereocenters. The second-order valence-electron chi connectivity index (χ2n) is 7.20. The van der Waals surface area contributed by atoms with E-state index in [4.69, 9.17) is 5.84 Å². The molecule has 12 heteroatoms. The fourth-order valence-electron chi connectivity index (χ4n) is 2.04. The first-order chi connectivity index (χ1) is 13.5. The molecule has 0 aliphatic carbocycles. The average molecular weight is 455 g/mol. The van der Waals surface area contributed by atoms with Gasteiger partial charge in [-0.15, -0.1) is 0 Å². The highest BCUT2D eigenvalue weighted by Gasteiger charge is 2.57. The Labute approximate surface area is 174 Å². The normalized spacial score (nSPS) is 12.8. The predicted octanol–water partition coefficient (Wildman–Crippen LogP) is 4.10. The van der Waals surface area contributed by atoms with Crippen molar-refractivity contribution in [2.75, 3.05) is 13.7 Å². The van der Waals surface area contributed by atoms with Crippen molar-refractivity contribution < 1.29 is 40.7 Å². The van der Waals surface area contributed by atoms with Crippen molar-refractivity contribution in [3.8, 4) is 0 Å². The highest BCUT2D eigenvalue weighted by Crippen LogP contribution is 2.41. The van der Waals surface area contributed by atoms with Gasteiger partial charge in [0, 0.05) is 0 Å². The molecule has 0 bridgehead atoms. The maximum absolute atomic E-state index is 12.4. The van der Waals surface area contributed by atoms with E-state index in [9.17, 15) is 35.9 Å². The molecular weight excluding hydrogens is 420 g/mol. The molecule has 0 heterocycles. The van der Waals surface area contributed by atoms with E-state index >= 15 is 0 Å². The summed E-state index contributed by atoms with van der Waals surface area (Å²) < 4.78 is 78.2. The summed E-state index contributed by atoms with van der Waals surface area (Å²) in [7, 11) is 0.983. The summed E-state index contributed by atoms with van der Waals surface area (Å²) in [5.41, 5.74) is 2.10. The molecule has 1 amide bonds. The quantitative estimate of drug-likeness (QED) is 0.233. The predicted molar refractivity (Wildman–Crippen MR) is 102 cm³/mol. The Morgan fingerprint density at radius 3 is 1.67 bits per heavy atom. The Bertz CT molecular complexity index is 463. The monoisotopic (exact) mass is 455 g/mol. The molecule has 0 fully saturated rings. The number of ether oxygens (including phenoxy) is 1. The van der Waals surface area contributed by atoms with Crippen LogP contribution in [0.3, 0.4) is 0 Å². The van der Waals surface area contributed by atoms with Crippen molar-refractivity contribution in [1.29, 1.82) is 0 Å². The standard InChI is InChI=1S/C9H13F6N3O3.C7H16.C2H6/c1-21-6(19)3-17-7(20)4(18-16)2-5(8(10,11)12)9(13,14)15;1-5-6-7(2,3)4;1-2/h4-5,18H,2-3,16H2,1H3,(H,17,20);5-6H2,1-4H3;1-2H3/t4-;;/m0../s1. The molecule has 6 nitrogen and oxygen atoms in total. The Balaban J connectivity index is -0.000000680. The van der Waals surface area contributed by atoms with Crippen LogP contribution in [0, 0.1) is 11.3 Å². The van der Waals surface area contributed by atoms with Gasteiger partial charge in [0.05, 0.1) is 7.11 Å². The van der Waals surface area contributed by atoms with Crippen LogP contribution in [0.25, 0.3) is 0 Å². The Morgan fingerprint density at radius 2 is 1.43 bits per heavy atom. The van der Waals surface area contributed by atoms with E-state index in [1.54, 1.807) is 10.7 Å². The summed E-state index contributed by atoms with van der Waals surface area (Å²) in [6.07, 6.45) is -10.2. The van der Waals surface area contributed by atoms with Crippen molar-refractivity contribution in [3.05, 3.63) is 0 Å². The van der Waals surface area contributed by atoms with Crippen LogP contribution in [-0.2, 0) is 14.3 Å².